The summed E-state index contributed by atoms with van der Waals surface area (Å²) in [5.74, 6) is 0.283. The smallest absolute Gasteiger partial charge is 0.228 e. The van der Waals surface area contributed by atoms with Gasteiger partial charge in [0, 0.05) is 24.2 Å². The number of anilines is 2. The molecular weight excluding hydrogens is 292 g/mol. The van der Waals surface area contributed by atoms with Crippen LogP contribution < -0.4 is 10.6 Å². The van der Waals surface area contributed by atoms with E-state index in [-0.39, 0.29) is 29.4 Å². The number of amides is 2. The molecule has 1 fully saturated rings. The van der Waals surface area contributed by atoms with Gasteiger partial charge in [0.05, 0.1) is 0 Å². The molecule has 0 spiro atoms. The van der Waals surface area contributed by atoms with Crippen LogP contribution >= 0.6 is 0 Å². The average molecular weight is 310 g/mol. The highest BCUT2D eigenvalue weighted by Gasteiger charge is 2.43. The van der Waals surface area contributed by atoms with E-state index in [1.807, 2.05) is 12.1 Å². The molecule has 2 amide bonds. The minimum absolute atomic E-state index is 0.00430. The Balaban J connectivity index is 1.58. The molecule has 3 rings (SSSR count). The summed E-state index contributed by atoms with van der Waals surface area (Å²) >= 11 is 0. The van der Waals surface area contributed by atoms with Crippen LogP contribution in [0.1, 0.15) is 24.8 Å². The lowest BCUT2D eigenvalue weighted by Gasteiger charge is -2.07. The number of hydrogen-bond donors (Lipinski definition) is 3. The van der Waals surface area contributed by atoms with Gasteiger partial charge >= 0.3 is 0 Å². The first-order chi connectivity index (χ1) is 11.0. The lowest BCUT2D eigenvalue weighted by Crippen LogP contribution is -2.14. The zero-order valence-electron chi connectivity index (χ0n) is 12.7. The van der Waals surface area contributed by atoms with Gasteiger partial charge in [-0.05, 0) is 54.3 Å². The predicted octanol–water partition coefficient (Wildman–Crippen LogP) is 3.09. The van der Waals surface area contributed by atoms with Gasteiger partial charge in [0.25, 0.3) is 0 Å². The second-order valence-electron chi connectivity index (χ2n) is 5.79. The highest BCUT2D eigenvalue weighted by atomic mass is 16.3. The normalized spacial score (nSPS) is 19.0. The number of carbonyl (C=O) groups excluding carboxylic acids is 2. The monoisotopic (exact) mass is 310 g/mol. The summed E-state index contributed by atoms with van der Waals surface area (Å²) in [5, 5.41) is 14.9. The maximum absolute atomic E-state index is 12.3. The Morgan fingerprint density at radius 2 is 1.52 bits per heavy atom. The van der Waals surface area contributed by atoms with Crippen molar-refractivity contribution in [3.05, 3.63) is 54.1 Å². The van der Waals surface area contributed by atoms with Gasteiger partial charge < -0.3 is 15.7 Å². The number of phenols is 1. The predicted molar refractivity (Wildman–Crippen MR) is 88.3 cm³/mol. The van der Waals surface area contributed by atoms with Crippen LogP contribution in [0.5, 0.6) is 5.75 Å². The minimum atomic E-state index is -0.128. The number of nitrogens with one attached hydrogen (secondary N) is 2. The Bertz CT molecular complexity index is 723. The van der Waals surface area contributed by atoms with Gasteiger partial charge in [-0.1, -0.05) is 12.1 Å². The first-order valence-corrected chi connectivity index (χ1v) is 7.50. The standard InChI is InChI=1S/C18H18N2O3/c1-11(21)19-13-4-6-14(7-5-13)20-18(23)17-10-16(17)12-2-8-15(22)9-3-12/h2-9,16-17,22H,10H2,1H3,(H,19,21)(H,20,23). The number of rotatable bonds is 4. The van der Waals surface area contributed by atoms with Crippen LogP contribution in [0.4, 0.5) is 11.4 Å². The second kappa shape index (κ2) is 6.12. The third kappa shape index (κ3) is 3.69. The molecular formula is C18H18N2O3. The van der Waals surface area contributed by atoms with E-state index in [9.17, 15) is 14.7 Å². The molecule has 0 radical (unpaired) electrons. The number of aromatic hydroxyl groups is 1. The minimum Gasteiger partial charge on any atom is -0.508 e. The van der Waals surface area contributed by atoms with Gasteiger partial charge in [-0.3, -0.25) is 9.59 Å². The fourth-order valence-electron chi connectivity index (χ4n) is 2.65. The summed E-state index contributed by atoms with van der Waals surface area (Å²) in [7, 11) is 0. The van der Waals surface area contributed by atoms with E-state index in [0.717, 1.165) is 12.0 Å². The molecule has 0 aromatic heterocycles. The number of carbonyl (C=O) groups is 2. The van der Waals surface area contributed by atoms with Crippen molar-refractivity contribution in [2.45, 2.75) is 19.3 Å². The fourth-order valence-corrected chi connectivity index (χ4v) is 2.65. The Morgan fingerprint density at radius 3 is 2.09 bits per heavy atom. The Kier molecular flexibility index (Phi) is 4.02. The van der Waals surface area contributed by atoms with Crippen molar-refractivity contribution in [2.75, 3.05) is 10.6 Å². The lowest BCUT2D eigenvalue weighted by molar-refractivity contribution is -0.117. The Labute approximate surface area is 134 Å². The van der Waals surface area contributed by atoms with E-state index in [1.165, 1.54) is 6.92 Å². The van der Waals surface area contributed by atoms with Crippen molar-refractivity contribution in [1.82, 2.24) is 0 Å². The van der Waals surface area contributed by atoms with E-state index >= 15 is 0 Å². The average Bonchev–Trinajstić information content (AvgIpc) is 3.30. The van der Waals surface area contributed by atoms with Gasteiger partial charge in [0.2, 0.25) is 11.8 Å². The van der Waals surface area contributed by atoms with Crippen LogP contribution in [0.25, 0.3) is 0 Å². The summed E-state index contributed by atoms with van der Waals surface area (Å²) in [4.78, 5) is 23.2. The molecule has 0 heterocycles. The van der Waals surface area contributed by atoms with Crippen molar-refractivity contribution in [1.29, 1.82) is 0 Å². The number of hydrogen-bond acceptors (Lipinski definition) is 3. The zero-order valence-corrected chi connectivity index (χ0v) is 12.7. The summed E-state index contributed by atoms with van der Waals surface area (Å²) in [6.07, 6.45) is 0.820. The van der Waals surface area contributed by atoms with E-state index in [1.54, 1.807) is 36.4 Å². The third-order valence-electron chi connectivity index (χ3n) is 3.92. The zero-order chi connectivity index (χ0) is 16.4. The largest absolute Gasteiger partial charge is 0.508 e. The van der Waals surface area contributed by atoms with Gasteiger partial charge in [-0.2, -0.15) is 0 Å². The maximum atomic E-state index is 12.3. The summed E-state index contributed by atoms with van der Waals surface area (Å²) in [5.41, 5.74) is 2.48. The van der Waals surface area contributed by atoms with Crippen molar-refractivity contribution in [3.63, 3.8) is 0 Å². The van der Waals surface area contributed by atoms with Crippen LogP contribution in [0, 0.1) is 5.92 Å². The molecule has 0 bridgehead atoms. The van der Waals surface area contributed by atoms with Crippen molar-refractivity contribution >= 4 is 23.2 Å². The van der Waals surface area contributed by atoms with Gasteiger partial charge in [-0.15, -0.1) is 0 Å². The number of benzene rings is 2. The van der Waals surface area contributed by atoms with Crippen molar-refractivity contribution < 1.29 is 14.7 Å². The van der Waals surface area contributed by atoms with Crippen LogP contribution in [0.15, 0.2) is 48.5 Å². The second-order valence-corrected chi connectivity index (χ2v) is 5.79. The SMILES string of the molecule is CC(=O)Nc1ccc(NC(=O)C2CC2c2ccc(O)cc2)cc1. The van der Waals surface area contributed by atoms with E-state index in [0.29, 0.717) is 11.4 Å². The topological polar surface area (TPSA) is 78.4 Å². The van der Waals surface area contributed by atoms with Gasteiger partial charge in [0.15, 0.2) is 0 Å². The highest BCUT2D eigenvalue weighted by molar-refractivity contribution is 5.95. The molecule has 3 N–H and O–H groups in total. The van der Waals surface area contributed by atoms with Crippen LogP contribution in [-0.4, -0.2) is 16.9 Å². The summed E-state index contributed by atoms with van der Waals surface area (Å²) < 4.78 is 0. The van der Waals surface area contributed by atoms with E-state index in [4.69, 9.17) is 0 Å². The molecule has 0 saturated heterocycles. The molecule has 1 saturated carbocycles. The quantitative estimate of drug-likeness (QED) is 0.812. The number of phenolic OH excluding ortho intramolecular Hbond substituents is 1. The molecule has 2 unspecified atom stereocenters. The lowest BCUT2D eigenvalue weighted by atomic mass is 10.1. The van der Waals surface area contributed by atoms with Crippen molar-refractivity contribution in [2.24, 2.45) is 5.92 Å². The third-order valence-corrected chi connectivity index (χ3v) is 3.92. The molecule has 5 nitrogen and oxygen atoms in total. The highest BCUT2D eigenvalue weighted by Crippen LogP contribution is 2.48. The molecule has 5 heteroatoms. The molecule has 118 valence electrons. The summed E-state index contributed by atoms with van der Waals surface area (Å²) in [6, 6.07) is 14.0. The van der Waals surface area contributed by atoms with Gasteiger partial charge in [-0.25, -0.2) is 0 Å². The molecule has 2 aromatic rings. The first kappa shape index (κ1) is 15.1. The molecule has 23 heavy (non-hydrogen) atoms. The molecule has 1 aliphatic carbocycles. The van der Waals surface area contributed by atoms with E-state index in [2.05, 4.69) is 10.6 Å². The van der Waals surface area contributed by atoms with Gasteiger partial charge in [0.1, 0.15) is 5.75 Å². The summed E-state index contributed by atoms with van der Waals surface area (Å²) in [6.45, 7) is 1.45. The van der Waals surface area contributed by atoms with Crippen LogP contribution in [0.3, 0.4) is 0 Å². The maximum Gasteiger partial charge on any atom is 0.228 e. The van der Waals surface area contributed by atoms with Crippen molar-refractivity contribution in [3.8, 4) is 5.75 Å². The molecule has 2 aromatic carbocycles. The molecule has 2 atom stereocenters. The Morgan fingerprint density at radius 1 is 0.957 bits per heavy atom. The fraction of sp³-hybridized carbons (Fsp3) is 0.222. The van der Waals surface area contributed by atoms with E-state index < -0.39 is 0 Å². The van der Waals surface area contributed by atoms with Crippen LogP contribution in [-0.2, 0) is 9.59 Å². The molecule has 1 aliphatic rings. The van der Waals surface area contributed by atoms with Crippen LogP contribution in [0.2, 0.25) is 0 Å². The first-order valence-electron chi connectivity index (χ1n) is 7.50. The molecule has 0 aliphatic heterocycles. The Hall–Kier alpha value is -2.82.